The Morgan fingerprint density at radius 2 is 1.74 bits per heavy atom. The highest BCUT2D eigenvalue weighted by Gasteiger charge is 2.18. The van der Waals surface area contributed by atoms with Crippen LogP contribution in [0.1, 0.15) is 24.5 Å². The highest BCUT2D eigenvalue weighted by atomic mass is 32.2. The van der Waals surface area contributed by atoms with Gasteiger partial charge in [0.25, 0.3) is 10.0 Å². The first-order valence-electron chi connectivity index (χ1n) is 8.41. The third-order valence-corrected chi connectivity index (χ3v) is 4.89. The predicted octanol–water partition coefficient (Wildman–Crippen LogP) is 3.11. The van der Waals surface area contributed by atoms with Gasteiger partial charge in [-0.3, -0.25) is 0 Å². The van der Waals surface area contributed by atoms with Crippen LogP contribution in [-0.2, 0) is 10.0 Å². The molecule has 2 rings (SSSR count). The van der Waals surface area contributed by atoms with Crippen LogP contribution in [0.25, 0.3) is 0 Å². The van der Waals surface area contributed by atoms with E-state index in [1.54, 1.807) is 44.4 Å². The van der Waals surface area contributed by atoms with Crippen LogP contribution in [0.2, 0.25) is 0 Å². The van der Waals surface area contributed by atoms with Gasteiger partial charge >= 0.3 is 0 Å². The van der Waals surface area contributed by atoms with Gasteiger partial charge in [-0.25, -0.2) is 0 Å². The topological polar surface area (TPSA) is 86.2 Å². The molecule has 0 heterocycles. The Hall–Kier alpha value is -2.74. The standard InChI is InChI=1S/C19H24N2O5S/c1-5-10-26-16-9-7-15(12-18(16)25-4)13-20-21-27(22,23)19-11-14(2)6-8-17(19)24-3/h6-9,11-13,21H,5,10H2,1-4H3/b20-13+. The Morgan fingerprint density at radius 1 is 1.04 bits per heavy atom. The Labute approximate surface area is 160 Å². The van der Waals surface area contributed by atoms with Crippen molar-refractivity contribution >= 4 is 16.2 Å². The number of benzene rings is 2. The molecule has 0 spiro atoms. The minimum absolute atomic E-state index is 0.0306. The van der Waals surface area contributed by atoms with Crippen LogP contribution < -0.4 is 19.0 Å². The molecule has 0 unspecified atom stereocenters. The molecular weight excluding hydrogens is 368 g/mol. The summed E-state index contributed by atoms with van der Waals surface area (Å²) in [6.07, 6.45) is 2.28. The quantitative estimate of drug-likeness (QED) is 0.523. The molecule has 27 heavy (non-hydrogen) atoms. The molecule has 8 heteroatoms. The number of hydrogen-bond donors (Lipinski definition) is 1. The smallest absolute Gasteiger partial charge is 0.280 e. The first kappa shape index (κ1) is 20.6. The second-order valence-electron chi connectivity index (χ2n) is 5.77. The van der Waals surface area contributed by atoms with Crippen molar-refractivity contribution in [1.82, 2.24) is 4.83 Å². The molecule has 0 amide bonds. The zero-order valence-electron chi connectivity index (χ0n) is 15.9. The van der Waals surface area contributed by atoms with Gasteiger partial charge in [0.05, 0.1) is 27.0 Å². The fourth-order valence-corrected chi connectivity index (χ4v) is 3.36. The van der Waals surface area contributed by atoms with Crippen molar-refractivity contribution < 1.29 is 22.6 Å². The van der Waals surface area contributed by atoms with Crippen LogP contribution >= 0.6 is 0 Å². The summed E-state index contributed by atoms with van der Waals surface area (Å²) in [4.78, 5) is 2.23. The van der Waals surface area contributed by atoms with Crippen molar-refractivity contribution in [3.63, 3.8) is 0 Å². The highest BCUT2D eigenvalue weighted by Crippen LogP contribution is 2.28. The summed E-state index contributed by atoms with van der Waals surface area (Å²) in [5.74, 6) is 1.43. The van der Waals surface area contributed by atoms with Crippen LogP contribution in [-0.4, -0.2) is 35.5 Å². The number of aryl methyl sites for hydroxylation is 1. The van der Waals surface area contributed by atoms with Crippen LogP contribution in [0.3, 0.4) is 0 Å². The Balaban J connectivity index is 2.18. The molecule has 0 atom stereocenters. The maximum Gasteiger partial charge on any atom is 0.280 e. The minimum atomic E-state index is -3.86. The van der Waals surface area contributed by atoms with E-state index in [0.29, 0.717) is 23.7 Å². The first-order chi connectivity index (χ1) is 12.9. The average molecular weight is 392 g/mol. The summed E-state index contributed by atoms with van der Waals surface area (Å²) in [5.41, 5.74) is 1.46. The lowest BCUT2D eigenvalue weighted by molar-refractivity contribution is 0.294. The van der Waals surface area contributed by atoms with Crippen LogP contribution in [0, 0.1) is 6.92 Å². The van der Waals surface area contributed by atoms with Crippen molar-refractivity contribution in [3.05, 3.63) is 47.5 Å². The van der Waals surface area contributed by atoms with Crippen LogP contribution in [0.15, 0.2) is 46.4 Å². The van der Waals surface area contributed by atoms with Gasteiger partial charge in [-0.2, -0.15) is 18.4 Å². The van der Waals surface area contributed by atoms with Crippen molar-refractivity contribution in [2.24, 2.45) is 5.10 Å². The molecule has 0 aromatic heterocycles. The molecule has 7 nitrogen and oxygen atoms in total. The third kappa shape index (κ3) is 5.37. The number of nitrogens with zero attached hydrogens (tertiary/aromatic N) is 1. The number of rotatable bonds is 9. The lowest BCUT2D eigenvalue weighted by Crippen LogP contribution is -2.19. The van der Waals surface area contributed by atoms with Gasteiger partial charge in [0, 0.05) is 0 Å². The molecule has 1 N–H and O–H groups in total. The maximum absolute atomic E-state index is 12.5. The molecule has 0 saturated carbocycles. The minimum Gasteiger partial charge on any atom is -0.495 e. The largest absolute Gasteiger partial charge is 0.495 e. The molecule has 0 aliphatic heterocycles. The molecule has 0 aliphatic carbocycles. The average Bonchev–Trinajstić information content (AvgIpc) is 2.66. The van der Waals surface area contributed by atoms with E-state index >= 15 is 0 Å². The lowest BCUT2D eigenvalue weighted by atomic mass is 10.2. The predicted molar refractivity (Wildman–Crippen MR) is 104 cm³/mol. The number of hydrazone groups is 1. The summed E-state index contributed by atoms with van der Waals surface area (Å²) in [5, 5.41) is 3.85. The van der Waals surface area contributed by atoms with Gasteiger partial charge in [-0.1, -0.05) is 13.0 Å². The van der Waals surface area contributed by atoms with Gasteiger partial charge in [0.1, 0.15) is 10.6 Å². The molecule has 0 fully saturated rings. The Morgan fingerprint density at radius 3 is 2.41 bits per heavy atom. The Bertz CT molecular complexity index is 910. The fourth-order valence-electron chi connectivity index (χ4n) is 2.31. The number of methoxy groups -OCH3 is 2. The second kappa shape index (κ2) is 9.27. The van der Waals surface area contributed by atoms with Gasteiger partial charge < -0.3 is 14.2 Å². The van der Waals surface area contributed by atoms with E-state index in [-0.39, 0.29) is 10.6 Å². The summed E-state index contributed by atoms with van der Waals surface area (Å²) in [6, 6.07) is 10.1. The van der Waals surface area contributed by atoms with Gasteiger partial charge in [0.15, 0.2) is 11.5 Å². The molecule has 0 aliphatic rings. The fraction of sp³-hybridized carbons (Fsp3) is 0.316. The SMILES string of the molecule is CCCOc1ccc(/C=N/NS(=O)(=O)c2cc(C)ccc2OC)cc1OC. The number of hydrogen-bond acceptors (Lipinski definition) is 6. The molecule has 2 aromatic carbocycles. The second-order valence-corrected chi connectivity index (χ2v) is 7.40. The zero-order chi connectivity index (χ0) is 19.9. The summed E-state index contributed by atoms with van der Waals surface area (Å²) in [6.45, 7) is 4.40. The van der Waals surface area contributed by atoms with E-state index in [1.165, 1.54) is 19.4 Å². The van der Waals surface area contributed by atoms with Crippen molar-refractivity contribution in [3.8, 4) is 17.2 Å². The van der Waals surface area contributed by atoms with E-state index in [1.807, 2.05) is 6.92 Å². The van der Waals surface area contributed by atoms with E-state index in [0.717, 1.165) is 12.0 Å². The van der Waals surface area contributed by atoms with Crippen molar-refractivity contribution in [2.45, 2.75) is 25.2 Å². The molecule has 0 saturated heterocycles. The van der Waals surface area contributed by atoms with Crippen LogP contribution in [0.4, 0.5) is 0 Å². The lowest BCUT2D eigenvalue weighted by Gasteiger charge is -2.11. The van der Waals surface area contributed by atoms with Gasteiger partial charge in [-0.15, -0.1) is 0 Å². The highest BCUT2D eigenvalue weighted by molar-refractivity contribution is 7.89. The molecule has 0 bridgehead atoms. The summed E-state index contributed by atoms with van der Waals surface area (Å²) >= 11 is 0. The molecule has 0 radical (unpaired) electrons. The normalized spacial score (nSPS) is 11.4. The van der Waals surface area contributed by atoms with Crippen molar-refractivity contribution in [1.29, 1.82) is 0 Å². The summed E-state index contributed by atoms with van der Waals surface area (Å²) < 4.78 is 41.0. The maximum atomic E-state index is 12.5. The van der Waals surface area contributed by atoms with E-state index < -0.39 is 10.0 Å². The molecular formula is C19H24N2O5S. The molecule has 2 aromatic rings. The number of nitrogens with one attached hydrogen (secondary N) is 1. The van der Waals surface area contributed by atoms with E-state index in [4.69, 9.17) is 14.2 Å². The number of ether oxygens (including phenoxy) is 3. The summed E-state index contributed by atoms with van der Waals surface area (Å²) in [7, 11) is -0.899. The van der Waals surface area contributed by atoms with Crippen LogP contribution in [0.5, 0.6) is 17.2 Å². The van der Waals surface area contributed by atoms with Gasteiger partial charge in [-0.05, 0) is 54.8 Å². The first-order valence-corrected chi connectivity index (χ1v) is 9.90. The Kier molecular flexibility index (Phi) is 7.06. The molecule has 146 valence electrons. The van der Waals surface area contributed by atoms with Gasteiger partial charge in [0.2, 0.25) is 0 Å². The van der Waals surface area contributed by atoms with E-state index in [9.17, 15) is 8.42 Å². The number of sulfonamides is 1. The van der Waals surface area contributed by atoms with E-state index in [2.05, 4.69) is 9.93 Å². The monoisotopic (exact) mass is 392 g/mol. The van der Waals surface area contributed by atoms with Crippen molar-refractivity contribution in [2.75, 3.05) is 20.8 Å². The zero-order valence-corrected chi connectivity index (χ0v) is 16.7. The third-order valence-electron chi connectivity index (χ3n) is 3.64.